The van der Waals surface area contributed by atoms with Crippen LogP contribution in [0.3, 0.4) is 0 Å². The van der Waals surface area contributed by atoms with Gasteiger partial charge in [0.1, 0.15) is 10.7 Å². The SMILES string of the molecule is COc1ccc(C(=O)COC(=O)c2ccc(F)c(S(=O)(=O)N3CCOCC3)c2)cc1F. The molecule has 0 aromatic heterocycles. The molecule has 3 rings (SSSR count). The monoisotopic (exact) mass is 455 g/mol. The number of ketones is 1. The van der Waals surface area contributed by atoms with Gasteiger partial charge in [0.05, 0.1) is 25.9 Å². The Morgan fingerprint density at radius 3 is 2.35 bits per heavy atom. The van der Waals surface area contributed by atoms with Crippen LogP contribution < -0.4 is 4.74 Å². The highest BCUT2D eigenvalue weighted by Crippen LogP contribution is 2.22. The molecule has 2 aromatic carbocycles. The van der Waals surface area contributed by atoms with Gasteiger partial charge in [0.2, 0.25) is 10.0 Å². The molecule has 0 saturated carbocycles. The fraction of sp³-hybridized carbons (Fsp3) is 0.300. The standard InChI is InChI=1S/C20H19F2NO7S/c1-28-18-5-3-13(10-16(18)22)17(24)12-30-20(25)14-2-4-15(21)19(11-14)31(26,27)23-6-8-29-9-7-23/h2-5,10-11H,6-9,12H2,1H3. The molecular formula is C20H19F2NO7S. The first-order valence-electron chi connectivity index (χ1n) is 9.15. The number of nitrogens with zero attached hydrogens (tertiary/aromatic N) is 1. The lowest BCUT2D eigenvalue weighted by atomic mass is 10.1. The summed E-state index contributed by atoms with van der Waals surface area (Å²) in [6.07, 6.45) is 0. The second kappa shape index (κ2) is 9.50. The van der Waals surface area contributed by atoms with E-state index in [0.717, 1.165) is 28.6 Å². The van der Waals surface area contributed by atoms with Gasteiger partial charge in [-0.05, 0) is 36.4 Å². The fourth-order valence-corrected chi connectivity index (χ4v) is 4.39. The zero-order valence-electron chi connectivity index (χ0n) is 16.5. The van der Waals surface area contributed by atoms with Crippen LogP contribution in [-0.2, 0) is 19.5 Å². The molecule has 1 aliphatic heterocycles. The van der Waals surface area contributed by atoms with Crippen molar-refractivity contribution in [2.24, 2.45) is 0 Å². The van der Waals surface area contributed by atoms with Gasteiger partial charge in [-0.15, -0.1) is 0 Å². The molecule has 0 spiro atoms. The van der Waals surface area contributed by atoms with Crippen LogP contribution in [0.4, 0.5) is 8.78 Å². The highest BCUT2D eigenvalue weighted by atomic mass is 32.2. The molecule has 31 heavy (non-hydrogen) atoms. The zero-order chi connectivity index (χ0) is 22.6. The predicted molar refractivity (Wildman–Crippen MR) is 104 cm³/mol. The highest BCUT2D eigenvalue weighted by Gasteiger charge is 2.30. The first-order chi connectivity index (χ1) is 14.7. The topological polar surface area (TPSA) is 99.2 Å². The quantitative estimate of drug-likeness (QED) is 0.465. The van der Waals surface area contributed by atoms with Crippen LogP contribution in [0.5, 0.6) is 5.75 Å². The lowest BCUT2D eigenvalue weighted by molar-refractivity contribution is 0.0474. The number of Topliss-reactive ketones (excluding diaryl/α,β-unsaturated/α-hetero) is 1. The number of ether oxygens (including phenoxy) is 3. The van der Waals surface area contributed by atoms with Crippen molar-refractivity contribution in [1.29, 1.82) is 0 Å². The number of sulfonamides is 1. The minimum atomic E-state index is -4.18. The maximum atomic E-state index is 14.2. The summed E-state index contributed by atoms with van der Waals surface area (Å²) in [5.41, 5.74) is -0.289. The van der Waals surface area contributed by atoms with Gasteiger partial charge in [-0.1, -0.05) is 0 Å². The Morgan fingerprint density at radius 2 is 1.71 bits per heavy atom. The molecule has 2 aromatic rings. The summed E-state index contributed by atoms with van der Waals surface area (Å²) in [7, 11) is -2.91. The minimum Gasteiger partial charge on any atom is -0.494 e. The maximum absolute atomic E-state index is 14.2. The molecule has 11 heteroatoms. The van der Waals surface area contributed by atoms with E-state index < -0.39 is 44.9 Å². The summed E-state index contributed by atoms with van der Waals surface area (Å²) in [4.78, 5) is 23.8. The van der Waals surface area contributed by atoms with Crippen molar-refractivity contribution < 1.29 is 41.0 Å². The van der Waals surface area contributed by atoms with E-state index >= 15 is 0 Å². The normalized spacial score (nSPS) is 14.8. The molecule has 1 aliphatic rings. The minimum absolute atomic E-state index is 0.0409. The Hall–Kier alpha value is -2.89. The Balaban J connectivity index is 1.73. The van der Waals surface area contributed by atoms with Crippen LogP contribution in [0.1, 0.15) is 20.7 Å². The van der Waals surface area contributed by atoms with Gasteiger partial charge >= 0.3 is 5.97 Å². The first kappa shape index (κ1) is 22.8. The average molecular weight is 455 g/mol. The van der Waals surface area contributed by atoms with Gasteiger partial charge in [0.25, 0.3) is 0 Å². The summed E-state index contributed by atoms with van der Waals surface area (Å²) in [5.74, 6) is -3.53. The third kappa shape index (κ3) is 5.06. The summed E-state index contributed by atoms with van der Waals surface area (Å²) in [5, 5.41) is 0. The zero-order valence-corrected chi connectivity index (χ0v) is 17.3. The molecule has 1 heterocycles. The number of rotatable bonds is 7. The Kier molecular flexibility index (Phi) is 6.98. The Labute approximate surface area is 177 Å². The van der Waals surface area contributed by atoms with Crippen molar-refractivity contribution in [2.45, 2.75) is 4.90 Å². The molecule has 0 radical (unpaired) electrons. The van der Waals surface area contributed by atoms with Crippen molar-refractivity contribution in [2.75, 3.05) is 40.0 Å². The van der Waals surface area contributed by atoms with Crippen LogP contribution in [-0.4, -0.2) is 64.5 Å². The molecule has 0 unspecified atom stereocenters. The number of hydrogen-bond acceptors (Lipinski definition) is 7. The lowest BCUT2D eigenvalue weighted by Gasteiger charge is -2.26. The number of morpholine rings is 1. The second-order valence-electron chi connectivity index (χ2n) is 6.51. The van der Waals surface area contributed by atoms with Crippen molar-refractivity contribution in [1.82, 2.24) is 4.31 Å². The summed E-state index contributed by atoms with van der Waals surface area (Å²) >= 11 is 0. The molecule has 0 aliphatic carbocycles. The maximum Gasteiger partial charge on any atom is 0.338 e. The molecule has 0 amide bonds. The predicted octanol–water partition coefficient (Wildman–Crippen LogP) is 2.03. The van der Waals surface area contributed by atoms with Gasteiger partial charge in [-0.25, -0.2) is 22.0 Å². The van der Waals surface area contributed by atoms with Gasteiger partial charge in [0, 0.05) is 18.7 Å². The van der Waals surface area contributed by atoms with E-state index in [1.807, 2.05) is 0 Å². The van der Waals surface area contributed by atoms with E-state index in [2.05, 4.69) is 0 Å². The number of methoxy groups -OCH3 is 1. The smallest absolute Gasteiger partial charge is 0.338 e. The summed E-state index contributed by atoms with van der Waals surface area (Å²) < 4.78 is 69.2. The van der Waals surface area contributed by atoms with Crippen LogP contribution in [0.15, 0.2) is 41.3 Å². The van der Waals surface area contributed by atoms with Crippen molar-refractivity contribution >= 4 is 21.8 Å². The number of benzene rings is 2. The molecule has 1 saturated heterocycles. The third-order valence-corrected chi connectivity index (χ3v) is 6.48. The third-order valence-electron chi connectivity index (χ3n) is 4.56. The van der Waals surface area contributed by atoms with Gasteiger partial charge in [-0.2, -0.15) is 4.31 Å². The highest BCUT2D eigenvalue weighted by molar-refractivity contribution is 7.89. The Morgan fingerprint density at radius 1 is 1.03 bits per heavy atom. The molecule has 166 valence electrons. The van der Waals surface area contributed by atoms with Crippen molar-refractivity contribution in [3.8, 4) is 5.75 Å². The van der Waals surface area contributed by atoms with E-state index in [9.17, 15) is 26.8 Å². The lowest BCUT2D eigenvalue weighted by Crippen LogP contribution is -2.41. The average Bonchev–Trinajstić information content (AvgIpc) is 2.77. The largest absolute Gasteiger partial charge is 0.494 e. The van der Waals surface area contributed by atoms with E-state index in [1.54, 1.807) is 0 Å². The Bertz CT molecular complexity index is 1100. The molecule has 8 nitrogen and oxygen atoms in total. The number of esters is 1. The fourth-order valence-electron chi connectivity index (χ4n) is 2.89. The van der Waals surface area contributed by atoms with E-state index in [-0.39, 0.29) is 43.2 Å². The molecule has 0 bridgehead atoms. The van der Waals surface area contributed by atoms with E-state index in [4.69, 9.17) is 14.2 Å². The number of hydrogen-bond donors (Lipinski definition) is 0. The molecular weight excluding hydrogens is 436 g/mol. The molecule has 1 fully saturated rings. The molecule has 0 N–H and O–H groups in total. The van der Waals surface area contributed by atoms with Crippen LogP contribution in [0.2, 0.25) is 0 Å². The number of carbonyl (C=O) groups excluding carboxylic acids is 2. The molecule has 0 atom stereocenters. The van der Waals surface area contributed by atoms with Gasteiger partial charge < -0.3 is 14.2 Å². The first-order valence-corrected chi connectivity index (χ1v) is 10.6. The van der Waals surface area contributed by atoms with Gasteiger partial charge in [-0.3, -0.25) is 4.79 Å². The van der Waals surface area contributed by atoms with Crippen LogP contribution >= 0.6 is 0 Å². The van der Waals surface area contributed by atoms with E-state index in [1.165, 1.54) is 19.2 Å². The summed E-state index contributed by atoms with van der Waals surface area (Å²) in [6.45, 7) is -0.242. The summed E-state index contributed by atoms with van der Waals surface area (Å²) in [6, 6.07) is 6.26. The number of halogens is 2. The number of carbonyl (C=O) groups is 2. The van der Waals surface area contributed by atoms with E-state index in [0.29, 0.717) is 0 Å². The van der Waals surface area contributed by atoms with Crippen molar-refractivity contribution in [3.05, 3.63) is 59.2 Å². The van der Waals surface area contributed by atoms with Crippen LogP contribution in [0, 0.1) is 11.6 Å². The van der Waals surface area contributed by atoms with Crippen LogP contribution in [0.25, 0.3) is 0 Å². The van der Waals surface area contributed by atoms with Gasteiger partial charge in [0.15, 0.2) is 24.0 Å². The second-order valence-corrected chi connectivity index (χ2v) is 8.42. The van der Waals surface area contributed by atoms with Crippen molar-refractivity contribution in [3.63, 3.8) is 0 Å².